The predicted molar refractivity (Wildman–Crippen MR) is 104 cm³/mol. The first kappa shape index (κ1) is 26.1. The molecule has 24 heavy (non-hydrogen) atoms. The fourth-order valence-corrected chi connectivity index (χ4v) is 2.47. The summed E-state index contributed by atoms with van der Waals surface area (Å²) in [5, 5.41) is 26.0. The van der Waals surface area contributed by atoms with Crippen molar-refractivity contribution in [2.75, 3.05) is 26.4 Å². The highest BCUT2D eigenvalue weighted by Crippen LogP contribution is 2.18. The van der Waals surface area contributed by atoms with Crippen molar-refractivity contribution >= 4 is 0 Å². The second kappa shape index (κ2) is 20.9. The van der Waals surface area contributed by atoms with Crippen LogP contribution >= 0.6 is 0 Å². The van der Waals surface area contributed by atoms with E-state index >= 15 is 0 Å². The lowest BCUT2D eigenvalue weighted by atomic mass is 9.88. The summed E-state index contributed by atoms with van der Waals surface area (Å²) >= 11 is 0. The molecule has 0 radical (unpaired) electrons. The molecule has 0 aromatic heterocycles. The van der Waals surface area contributed by atoms with Crippen LogP contribution in [0.25, 0.3) is 0 Å². The quantitative estimate of drug-likeness (QED) is 0.318. The highest BCUT2D eigenvalue weighted by atomic mass is 16.3. The Hall–Kier alpha value is -0.160. The van der Waals surface area contributed by atoms with E-state index in [0.29, 0.717) is 6.42 Å². The van der Waals surface area contributed by atoms with Crippen LogP contribution in [-0.2, 0) is 0 Å². The van der Waals surface area contributed by atoms with Crippen LogP contribution in [0.1, 0.15) is 97.3 Å². The number of nitrogens with two attached hydrogens (primary N) is 1. The summed E-state index contributed by atoms with van der Waals surface area (Å²) < 4.78 is 0. The minimum Gasteiger partial charge on any atom is -0.396 e. The molecule has 148 valence electrons. The van der Waals surface area contributed by atoms with Crippen molar-refractivity contribution < 1.29 is 15.3 Å². The van der Waals surface area contributed by atoms with E-state index in [1.54, 1.807) is 0 Å². The molecule has 0 bridgehead atoms. The van der Waals surface area contributed by atoms with Crippen molar-refractivity contribution in [2.24, 2.45) is 11.1 Å². The summed E-state index contributed by atoms with van der Waals surface area (Å²) in [5.74, 6) is 0. The zero-order valence-electron chi connectivity index (χ0n) is 16.4. The molecular weight excluding hydrogens is 302 g/mol. The molecule has 0 saturated heterocycles. The molecule has 0 unspecified atom stereocenters. The van der Waals surface area contributed by atoms with Crippen molar-refractivity contribution in [3.05, 3.63) is 0 Å². The van der Waals surface area contributed by atoms with E-state index < -0.39 is 5.41 Å². The lowest BCUT2D eigenvalue weighted by Gasteiger charge is -2.24. The minimum atomic E-state index is -0.667. The average Bonchev–Trinajstić information content (AvgIpc) is 2.63. The molecule has 0 aliphatic heterocycles. The fraction of sp³-hybridized carbons (Fsp3) is 1.00. The summed E-state index contributed by atoms with van der Waals surface area (Å²) in [7, 11) is 0. The van der Waals surface area contributed by atoms with Crippen LogP contribution < -0.4 is 5.73 Å². The number of aliphatic hydroxyl groups excluding tert-OH is 3. The first-order chi connectivity index (χ1) is 11.7. The van der Waals surface area contributed by atoms with Crippen LogP contribution in [0.15, 0.2) is 0 Å². The minimum absolute atomic E-state index is 0.156. The maximum atomic E-state index is 8.66. The van der Waals surface area contributed by atoms with Gasteiger partial charge in [0, 0.05) is 5.41 Å². The summed E-state index contributed by atoms with van der Waals surface area (Å²) in [6.07, 6.45) is 17.5. The smallest absolute Gasteiger partial charge is 0.0531 e. The first-order valence-electron chi connectivity index (χ1n) is 10.2. The Morgan fingerprint density at radius 3 is 1.12 bits per heavy atom. The van der Waals surface area contributed by atoms with Gasteiger partial charge in [0.15, 0.2) is 0 Å². The normalized spacial score (nSPS) is 11.2. The van der Waals surface area contributed by atoms with Gasteiger partial charge in [0.1, 0.15) is 0 Å². The molecule has 4 heteroatoms. The third kappa shape index (κ3) is 16.7. The van der Waals surface area contributed by atoms with Gasteiger partial charge in [-0.1, -0.05) is 84.5 Å². The molecule has 0 aliphatic rings. The van der Waals surface area contributed by atoms with Crippen LogP contribution in [0.4, 0.5) is 0 Å². The first-order valence-corrected chi connectivity index (χ1v) is 10.2. The van der Waals surface area contributed by atoms with Crippen LogP contribution in [0.2, 0.25) is 0 Å². The molecule has 5 N–H and O–H groups in total. The Morgan fingerprint density at radius 1 is 0.583 bits per heavy atom. The molecule has 0 heterocycles. The van der Waals surface area contributed by atoms with Crippen molar-refractivity contribution in [2.45, 2.75) is 97.3 Å². The van der Waals surface area contributed by atoms with Crippen molar-refractivity contribution in [3.8, 4) is 0 Å². The van der Waals surface area contributed by atoms with E-state index in [4.69, 9.17) is 21.1 Å². The Bertz CT molecular complexity index is 191. The van der Waals surface area contributed by atoms with Gasteiger partial charge >= 0.3 is 0 Å². The highest BCUT2D eigenvalue weighted by Gasteiger charge is 2.24. The third-order valence-electron chi connectivity index (χ3n) is 4.81. The lowest BCUT2D eigenvalue weighted by Crippen LogP contribution is -2.32. The van der Waals surface area contributed by atoms with Crippen molar-refractivity contribution in [1.82, 2.24) is 0 Å². The SMILES string of the molecule is CCC(CO)(CO)CO.CCCCCCCCCCCCCCN. The lowest BCUT2D eigenvalue weighted by molar-refractivity contribution is 0.00304. The summed E-state index contributed by atoms with van der Waals surface area (Å²) in [6, 6.07) is 0. The summed E-state index contributed by atoms with van der Waals surface area (Å²) in [4.78, 5) is 0. The molecule has 4 nitrogen and oxygen atoms in total. The van der Waals surface area contributed by atoms with Crippen molar-refractivity contribution in [3.63, 3.8) is 0 Å². The third-order valence-corrected chi connectivity index (χ3v) is 4.81. The zero-order valence-corrected chi connectivity index (χ0v) is 16.4. The van der Waals surface area contributed by atoms with Gasteiger partial charge in [-0.15, -0.1) is 0 Å². The van der Waals surface area contributed by atoms with Gasteiger partial charge in [0.05, 0.1) is 19.8 Å². The molecule has 0 fully saturated rings. The maximum absolute atomic E-state index is 8.66. The topological polar surface area (TPSA) is 86.7 Å². The Labute approximate surface area is 150 Å². The molecule has 0 rings (SSSR count). The standard InChI is InChI=1S/C14H31N.C6H14O3/c1-2-3-4-5-6-7-8-9-10-11-12-13-14-15;1-2-6(3-7,4-8)5-9/h2-15H2,1H3;7-9H,2-5H2,1H3. The summed E-state index contributed by atoms with van der Waals surface area (Å²) in [6.45, 7) is 4.50. The van der Waals surface area contributed by atoms with Gasteiger partial charge in [-0.05, 0) is 19.4 Å². The van der Waals surface area contributed by atoms with E-state index in [0.717, 1.165) is 6.54 Å². The average molecular weight is 348 g/mol. The highest BCUT2D eigenvalue weighted by molar-refractivity contribution is 4.74. The zero-order chi connectivity index (χ0) is 18.5. The van der Waals surface area contributed by atoms with Gasteiger partial charge in [0.25, 0.3) is 0 Å². The molecule has 0 aliphatic carbocycles. The Morgan fingerprint density at radius 2 is 0.917 bits per heavy atom. The van der Waals surface area contributed by atoms with Gasteiger partial charge in [0.2, 0.25) is 0 Å². The molecule has 0 spiro atoms. The monoisotopic (exact) mass is 347 g/mol. The number of aliphatic hydroxyl groups is 3. The summed E-state index contributed by atoms with van der Waals surface area (Å²) in [5.41, 5.74) is 4.78. The largest absolute Gasteiger partial charge is 0.396 e. The van der Waals surface area contributed by atoms with E-state index in [9.17, 15) is 0 Å². The van der Waals surface area contributed by atoms with E-state index in [-0.39, 0.29) is 19.8 Å². The van der Waals surface area contributed by atoms with Gasteiger partial charge in [-0.3, -0.25) is 0 Å². The molecule has 0 aromatic carbocycles. The van der Waals surface area contributed by atoms with E-state index in [1.165, 1.54) is 77.0 Å². The fourth-order valence-electron chi connectivity index (χ4n) is 2.47. The number of hydrogen-bond donors (Lipinski definition) is 4. The van der Waals surface area contributed by atoms with Gasteiger partial charge in [-0.2, -0.15) is 0 Å². The second-order valence-corrected chi connectivity index (χ2v) is 7.01. The molecule has 0 aromatic rings. The maximum Gasteiger partial charge on any atom is 0.0531 e. The Kier molecular flexibility index (Phi) is 22.7. The van der Waals surface area contributed by atoms with Crippen LogP contribution in [0.5, 0.6) is 0 Å². The van der Waals surface area contributed by atoms with Gasteiger partial charge < -0.3 is 21.1 Å². The van der Waals surface area contributed by atoms with E-state index in [2.05, 4.69) is 6.92 Å². The van der Waals surface area contributed by atoms with E-state index in [1.807, 2.05) is 6.92 Å². The number of rotatable bonds is 16. The predicted octanol–water partition coefficient (Wildman–Crippen LogP) is 4.01. The number of hydrogen-bond acceptors (Lipinski definition) is 4. The van der Waals surface area contributed by atoms with Crippen LogP contribution in [-0.4, -0.2) is 41.7 Å². The van der Waals surface area contributed by atoms with Crippen LogP contribution in [0.3, 0.4) is 0 Å². The molecular formula is C20H45NO3. The second-order valence-electron chi connectivity index (χ2n) is 7.01. The molecule has 0 saturated carbocycles. The molecule has 0 atom stereocenters. The molecule has 0 amide bonds. The van der Waals surface area contributed by atoms with Crippen LogP contribution in [0, 0.1) is 5.41 Å². The Balaban J connectivity index is 0. The van der Waals surface area contributed by atoms with Gasteiger partial charge in [-0.25, -0.2) is 0 Å². The number of unbranched alkanes of at least 4 members (excludes halogenated alkanes) is 11. The van der Waals surface area contributed by atoms with Crippen molar-refractivity contribution in [1.29, 1.82) is 0 Å².